The van der Waals surface area contributed by atoms with E-state index in [2.05, 4.69) is 61.5 Å². The number of ether oxygens (including phenoxy) is 1. The molecular weight excluding hydrogens is 332 g/mol. The van der Waals surface area contributed by atoms with Crippen LogP contribution in [0.3, 0.4) is 0 Å². The third-order valence-electron chi connectivity index (χ3n) is 5.35. The predicted octanol–water partition coefficient (Wildman–Crippen LogP) is 7.46. The molecule has 2 heteroatoms. The average Bonchev–Trinajstić information content (AvgIpc) is 3.09. The van der Waals surface area contributed by atoms with Crippen molar-refractivity contribution in [1.82, 2.24) is 0 Å². The van der Waals surface area contributed by atoms with Gasteiger partial charge in [-0.15, -0.1) is 0 Å². The lowest BCUT2D eigenvalue weighted by Crippen LogP contribution is -1.96. The van der Waals surface area contributed by atoms with Crippen molar-refractivity contribution in [1.29, 1.82) is 0 Å². The van der Waals surface area contributed by atoms with Crippen molar-refractivity contribution in [2.45, 2.75) is 26.2 Å². The van der Waals surface area contributed by atoms with Gasteiger partial charge in [0, 0.05) is 22.2 Å². The highest BCUT2D eigenvalue weighted by Gasteiger charge is 2.12. The minimum absolute atomic E-state index is 0.758. The molecule has 1 heterocycles. The summed E-state index contributed by atoms with van der Waals surface area (Å²) in [6.45, 7) is 2.96. The molecule has 5 rings (SSSR count). The van der Waals surface area contributed by atoms with Gasteiger partial charge < -0.3 is 9.15 Å². The SMILES string of the molecule is CCCCCOc1ccc2c(c1)oc1c2ccc2c3ccccc3ccc21. The van der Waals surface area contributed by atoms with Gasteiger partial charge in [-0.3, -0.25) is 0 Å². The van der Waals surface area contributed by atoms with Crippen LogP contribution in [-0.4, -0.2) is 6.61 Å². The molecule has 0 amide bonds. The maximum atomic E-state index is 6.30. The third-order valence-corrected chi connectivity index (χ3v) is 5.35. The van der Waals surface area contributed by atoms with Crippen molar-refractivity contribution < 1.29 is 9.15 Å². The first-order chi connectivity index (χ1) is 13.3. The summed E-state index contributed by atoms with van der Waals surface area (Å²) in [7, 11) is 0. The van der Waals surface area contributed by atoms with Crippen LogP contribution in [0.4, 0.5) is 0 Å². The minimum Gasteiger partial charge on any atom is -0.493 e. The second-order valence-corrected chi connectivity index (χ2v) is 7.14. The Morgan fingerprint density at radius 1 is 0.741 bits per heavy atom. The Hall–Kier alpha value is -3.00. The molecule has 0 bridgehead atoms. The Bertz CT molecular complexity index is 1260. The summed E-state index contributed by atoms with van der Waals surface area (Å²) in [6.07, 6.45) is 3.49. The van der Waals surface area contributed by atoms with E-state index in [1.54, 1.807) is 0 Å². The monoisotopic (exact) mass is 354 g/mol. The first kappa shape index (κ1) is 16.2. The molecule has 134 valence electrons. The first-order valence-electron chi connectivity index (χ1n) is 9.74. The summed E-state index contributed by atoms with van der Waals surface area (Å²) in [6, 6.07) is 23.4. The number of rotatable bonds is 5. The standard InChI is InChI=1S/C25H22O2/c1-2-3-6-15-26-18-10-12-21-23-14-13-20-19-8-5-4-7-17(19)9-11-22(20)25(23)27-24(21)16-18/h4-5,7-14,16H,2-3,6,15H2,1H3. The maximum absolute atomic E-state index is 6.30. The Morgan fingerprint density at radius 2 is 1.52 bits per heavy atom. The zero-order chi connectivity index (χ0) is 18.2. The van der Waals surface area contributed by atoms with Crippen molar-refractivity contribution in [3.05, 3.63) is 66.7 Å². The zero-order valence-electron chi connectivity index (χ0n) is 15.5. The molecular formula is C25H22O2. The number of unbranched alkanes of at least 4 members (excludes halogenated alkanes) is 2. The second kappa shape index (κ2) is 6.62. The molecule has 1 aromatic heterocycles. The lowest BCUT2D eigenvalue weighted by Gasteiger charge is -2.05. The highest BCUT2D eigenvalue weighted by molar-refractivity contribution is 6.20. The van der Waals surface area contributed by atoms with Crippen LogP contribution in [0.25, 0.3) is 43.5 Å². The number of benzene rings is 4. The van der Waals surface area contributed by atoms with E-state index in [1.165, 1.54) is 29.0 Å². The van der Waals surface area contributed by atoms with Gasteiger partial charge in [-0.2, -0.15) is 0 Å². The summed E-state index contributed by atoms with van der Waals surface area (Å²) in [5.74, 6) is 0.882. The van der Waals surface area contributed by atoms with Gasteiger partial charge in [-0.25, -0.2) is 0 Å². The van der Waals surface area contributed by atoms with Crippen molar-refractivity contribution in [3.8, 4) is 5.75 Å². The Labute approximate surface area is 158 Å². The third kappa shape index (κ3) is 2.73. The molecule has 0 aliphatic rings. The molecule has 0 fully saturated rings. The van der Waals surface area contributed by atoms with E-state index in [4.69, 9.17) is 9.15 Å². The Kier molecular flexibility index (Phi) is 3.97. The van der Waals surface area contributed by atoms with Gasteiger partial charge in [-0.05, 0) is 46.8 Å². The topological polar surface area (TPSA) is 22.4 Å². The van der Waals surface area contributed by atoms with Gasteiger partial charge in [0.25, 0.3) is 0 Å². The van der Waals surface area contributed by atoms with Crippen molar-refractivity contribution in [2.24, 2.45) is 0 Å². The van der Waals surface area contributed by atoms with Gasteiger partial charge in [0.15, 0.2) is 0 Å². The van der Waals surface area contributed by atoms with Crippen molar-refractivity contribution in [3.63, 3.8) is 0 Å². The summed E-state index contributed by atoms with van der Waals surface area (Å²) in [5.41, 5.74) is 1.84. The highest BCUT2D eigenvalue weighted by atomic mass is 16.5. The molecule has 2 nitrogen and oxygen atoms in total. The predicted molar refractivity (Wildman–Crippen MR) is 114 cm³/mol. The van der Waals surface area contributed by atoms with Crippen LogP contribution in [0.15, 0.2) is 71.1 Å². The average molecular weight is 354 g/mol. The molecule has 0 spiro atoms. The molecule has 0 saturated heterocycles. The highest BCUT2D eigenvalue weighted by Crippen LogP contribution is 2.37. The van der Waals surface area contributed by atoms with Crippen LogP contribution >= 0.6 is 0 Å². The fourth-order valence-electron chi connectivity index (χ4n) is 3.93. The van der Waals surface area contributed by atoms with Crippen LogP contribution in [0.5, 0.6) is 5.75 Å². The number of hydrogen-bond donors (Lipinski definition) is 0. The molecule has 0 saturated carbocycles. The van der Waals surface area contributed by atoms with E-state index in [1.807, 2.05) is 12.1 Å². The fraction of sp³-hybridized carbons (Fsp3) is 0.200. The van der Waals surface area contributed by atoms with Crippen LogP contribution in [0.2, 0.25) is 0 Å². The van der Waals surface area contributed by atoms with Gasteiger partial charge in [0.05, 0.1) is 6.61 Å². The fourth-order valence-corrected chi connectivity index (χ4v) is 3.93. The van der Waals surface area contributed by atoms with Crippen LogP contribution in [-0.2, 0) is 0 Å². The van der Waals surface area contributed by atoms with Crippen LogP contribution < -0.4 is 4.74 Å². The largest absolute Gasteiger partial charge is 0.493 e. The van der Waals surface area contributed by atoms with E-state index in [9.17, 15) is 0 Å². The molecule has 0 aliphatic heterocycles. The Morgan fingerprint density at radius 3 is 2.44 bits per heavy atom. The molecule has 5 aromatic rings. The normalized spacial score (nSPS) is 11.7. The molecule has 0 atom stereocenters. The summed E-state index contributed by atoms with van der Waals surface area (Å²) in [5, 5.41) is 7.20. The first-order valence-corrected chi connectivity index (χ1v) is 9.74. The van der Waals surface area contributed by atoms with Gasteiger partial charge in [0.1, 0.15) is 16.9 Å². The quantitative estimate of drug-likeness (QED) is 0.241. The zero-order valence-corrected chi connectivity index (χ0v) is 15.5. The summed E-state index contributed by atoms with van der Waals surface area (Å²) in [4.78, 5) is 0. The number of hydrogen-bond acceptors (Lipinski definition) is 2. The number of fused-ring (bicyclic) bond motifs is 7. The molecule has 4 aromatic carbocycles. The summed E-state index contributed by atoms with van der Waals surface area (Å²) >= 11 is 0. The van der Waals surface area contributed by atoms with Crippen molar-refractivity contribution >= 4 is 43.5 Å². The van der Waals surface area contributed by atoms with Crippen molar-refractivity contribution in [2.75, 3.05) is 6.61 Å². The second-order valence-electron chi connectivity index (χ2n) is 7.14. The van der Waals surface area contributed by atoms with Crippen LogP contribution in [0.1, 0.15) is 26.2 Å². The molecule has 27 heavy (non-hydrogen) atoms. The van der Waals surface area contributed by atoms with E-state index < -0.39 is 0 Å². The van der Waals surface area contributed by atoms with Gasteiger partial charge in [0.2, 0.25) is 0 Å². The van der Waals surface area contributed by atoms with Gasteiger partial charge in [-0.1, -0.05) is 56.2 Å². The smallest absolute Gasteiger partial charge is 0.143 e. The van der Waals surface area contributed by atoms with E-state index in [-0.39, 0.29) is 0 Å². The van der Waals surface area contributed by atoms with E-state index in [0.717, 1.165) is 46.1 Å². The summed E-state index contributed by atoms with van der Waals surface area (Å²) < 4.78 is 12.2. The lowest BCUT2D eigenvalue weighted by molar-refractivity contribution is 0.306. The van der Waals surface area contributed by atoms with E-state index >= 15 is 0 Å². The molecule has 0 N–H and O–H groups in total. The Balaban J connectivity index is 1.64. The molecule has 0 aliphatic carbocycles. The van der Waals surface area contributed by atoms with Gasteiger partial charge >= 0.3 is 0 Å². The van der Waals surface area contributed by atoms with E-state index in [0.29, 0.717) is 0 Å². The van der Waals surface area contributed by atoms with Crippen LogP contribution in [0, 0.1) is 0 Å². The maximum Gasteiger partial charge on any atom is 0.143 e. The lowest BCUT2D eigenvalue weighted by atomic mass is 10.00. The molecule has 0 radical (unpaired) electrons. The number of furan rings is 1. The molecule has 0 unspecified atom stereocenters. The minimum atomic E-state index is 0.758.